The number of aryl methyl sites for hydroxylation is 1. The highest BCUT2D eigenvalue weighted by Gasteiger charge is 2.14. The fourth-order valence-electron chi connectivity index (χ4n) is 1.98. The molecule has 0 aliphatic heterocycles. The van der Waals surface area contributed by atoms with Crippen molar-refractivity contribution in [2.45, 2.75) is 11.9 Å². The lowest BCUT2D eigenvalue weighted by atomic mass is 10.4. The molecule has 0 aliphatic carbocycles. The first kappa shape index (κ1) is 11.1. The number of hydrogen-bond donors (Lipinski definition) is 0. The van der Waals surface area contributed by atoms with E-state index in [1.54, 1.807) is 0 Å². The minimum atomic E-state index is 0.417. The maximum atomic E-state index is 8.72. The summed E-state index contributed by atoms with van der Waals surface area (Å²) in [7, 11) is 0. The summed E-state index contributed by atoms with van der Waals surface area (Å²) in [6.45, 7) is 1.95. The molecule has 0 N–H and O–H groups in total. The number of nitriles is 1. The van der Waals surface area contributed by atoms with Gasteiger partial charge in [0.2, 0.25) is 5.78 Å². The van der Waals surface area contributed by atoms with Crippen LogP contribution in [-0.4, -0.2) is 20.1 Å². The molecule has 5 heteroatoms. The van der Waals surface area contributed by atoms with Crippen molar-refractivity contribution in [2.24, 2.45) is 0 Å². The molecule has 0 saturated carbocycles. The van der Waals surface area contributed by atoms with E-state index < -0.39 is 0 Å². The Morgan fingerprint density at radius 2 is 2.11 bits per heavy atom. The molecule has 4 nitrogen and oxygen atoms in total. The predicted octanol–water partition coefficient (Wildman–Crippen LogP) is 2.81. The number of rotatable bonds is 2. The highest BCUT2D eigenvalue weighted by atomic mass is 32.2. The molecular weight excluding hydrogens is 244 g/mol. The fourth-order valence-corrected chi connectivity index (χ4v) is 2.75. The Hall–Kier alpha value is -2.06. The highest BCUT2D eigenvalue weighted by molar-refractivity contribution is 7.99. The van der Waals surface area contributed by atoms with Gasteiger partial charge in [0.1, 0.15) is 5.03 Å². The van der Waals surface area contributed by atoms with E-state index in [1.165, 1.54) is 11.8 Å². The van der Waals surface area contributed by atoms with Crippen LogP contribution in [0, 0.1) is 18.3 Å². The van der Waals surface area contributed by atoms with E-state index in [0.29, 0.717) is 11.5 Å². The van der Waals surface area contributed by atoms with Crippen molar-refractivity contribution in [3.8, 4) is 6.07 Å². The van der Waals surface area contributed by atoms with Crippen molar-refractivity contribution in [1.82, 2.24) is 14.4 Å². The average molecular weight is 254 g/mol. The summed E-state index contributed by atoms with van der Waals surface area (Å²) in [6, 6.07) is 12.1. The summed E-state index contributed by atoms with van der Waals surface area (Å²) >= 11 is 1.50. The molecule has 0 aliphatic rings. The molecule has 0 saturated heterocycles. The third kappa shape index (κ3) is 1.62. The Morgan fingerprint density at radius 3 is 2.94 bits per heavy atom. The third-order valence-corrected chi connectivity index (χ3v) is 3.73. The van der Waals surface area contributed by atoms with Gasteiger partial charge in [0.25, 0.3) is 0 Å². The first-order chi connectivity index (χ1) is 8.81. The lowest BCUT2D eigenvalue weighted by molar-refractivity contribution is 1.07. The summed E-state index contributed by atoms with van der Waals surface area (Å²) in [5.74, 6) is 1.12. The quantitative estimate of drug-likeness (QED) is 0.660. The fraction of sp³-hybridized carbons (Fsp3) is 0.154. The second-order valence-electron chi connectivity index (χ2n) is 3.88. The molecule has 2 aromatic heterocycles. The number of fused-ring (bicyclic) bond motifs is 3. The first-order valence-electron chi connectivity index (χ1n) is 5.55. The van der Waals surface area contributed by atoms with Gasteiger partial charge in [0.15, 0.2) is 0 Å². The van der Waals surface area contributed by atoms with Crippen LogP contribution in [-0.2, 0) is 0 Å². The number of hydrogen-bond acceptors (Lipinski definition) is 4. The van der Waals surface area contributed by atoms with Crippen LogP contribution in [0.25, 0.3) is 16.8 Å². The van der Waals surface area contributed by atoms with Crippen molar-refractivity contribution < 1.29 is 0 Å². The predicted molar refractivity (Wildman–Crippen MR) is 71.6 cm³/mol. The van der Waals surface area contributed by atoms with Gasteiger partial charge in [-0.3, -0.25) is 4.40 Å². The Balaban J connectivity index is 2.35. The average Bonchev–Trinajstić information content (AvgIpc) is 2.72. The topological polar surface area (TPSA) is 54.0 Å². The van der Waals surface area contributed by atoms with Crippen LogP contribution in [0.15, 0.2) is 35.4 Å². The van der Waals surface area contributed by atoms with Crippen molar-refractivity contribution in [3.05, 3.63) is 36.0 Å². The van der Waals surface area contributed by atoms with E-state index in [1.807, 2.05) is 41.7 Å². The number of thioether (sulfide) groups is 1. The van der Waals surface area contributed by atoms with Crippen LogP contribution in [0.2, 0.25) is 0 Å². The summed E-state index contributed by atoms with van der Waals surface area (Å²) < 4.78 is 2.02. The van der Waals surface area contributed by atoms with Gasteiger partial charge in [-0.05, 0) is 19.1 Å². The molecule has 18 heavy (non-hydrogen) atoms. The summed E-state index contributed by atoms with van der Waals surface area (Å²) in [4.78, 5) is 8.95. The van der Waals surface area contributed by atoms with Crippen molar-refractivity contribution in [2.75, 3.05) is 5.75 Å². The van der Waals surface area contributed by atoms with Crippen molar-refractivity contribution in [1.29, 1.82) is 5.26 Å². The normalized spacial score (nSPS) is 10.9. The second-order valence-corrected chi connectivity index (χ2v) is 4.84. The lowest BCUT2D eigenvalue weighted by Crippen LogP contribution is -1.85. The number of imidazole rings is 2. The van der Waals surface area contributed by atoms with Crippen LogP contribution >= 0.6 is 11.8 Å². The molecule has 0 atom stereocenters. The van der Waals surface area contributed by atoms with Crippen molar-refractivity contribution in [3.63, 3.8) is 0 Å². The Kier molecular flexibility index (Phi) is 2.65. The van der Waals surface area contributed by atoms with Crippen molar-refractivity contribution >= 4 is 28.6 Å². The largest absolute Gasteiger partial charge is 0.269 e. The molecular formula is C13H10N4S. The zero-order chi connectivity index (χ0) is 12.5. The summed E-state index contributed by atoms with van der Waals surface area (Å²) in [6.07, 6.45) is 0. The van der Waals surface area contributed by atoms with Gasteiger partial charge in [-0.1, -0.05) is 30.0 Å². The molecule has 0 radical (unpaired) electrons. The lowest BCUT2D eigenvalue weighted by Gasteiger charge is -1.97. The molecule has 3 aromatic rings. The first-order valence-corrected chi connectivity index (χ1v) is 6.53. The van der Waals surface area contributed by atoms with Crippen LogP contribution in [0.4, 0.5) is 0 Å². The van der Waals surface area contributed by atoms with E-state index in [4.69, 9.17) is 5.26 Å². The molecule has 0 bridgehead atoms. The molecule has 88 valence electrons. The van der Waals surface area contributed by atoms with Gasteiger partial charge in [0.05, 0.1) is 28.5 Å². The Bertz CT molecular complexity index is 770. The Morgan fingerprint density at radius 1 is 1.28 bits per heavy atom. The molecule has 0 unspecified atom stereocenters. The van der Waals surface area contributed by atoms with Crippen LogP contribution in [0.3, 0.4) is 0 Å². The summed E-state index contributed by atoms with van der Waals surface area (Å²) in [5.41, 5.74) is 2.86. The van der Waals surface area contributed by atoms with Crippen LogP contribution in [0.1, 0.15) is 5.69 Å². The monoisotopic (exact) mass is 254 g/mol. The maximum Gasteiger partial charge on any atom is 0.236 e. The molecule has 1 aromatic carbocycles. The van der Waals surface area contributed by atoms with E-state index in [2.05, 4.69) is 16.0 Å². The third-order valence-electron chi connectivity index (χ3n) is 2.71. The van der Waals surface area contributed by atoms with Gasteiger partial charge in [-0.25, -0.2) is 9.97 Å². The standard InChI is InChI=1S/C13H10N4S/c1-9-12(18-8-7-14)17-11-6-4-2-3-5-10(11)16-13(17)15-9/h2-6H,8H2,1H3. The smallest absolute Gasteiger partial charge is 0.236 e. The molecule has 0 spiro atoms. The molecule has 0 amide bonds. The van der Waals surface area contributed by atoms with Gasteiger partial charge >= 0.3 is 0 Å². The zero-order valence-corrected chi connectivity index (χ0v) is 10.6. The summed E-state index contributed by atoms with van der Waals surface area (Å²) in [5, 5.41) is 9.72. The minimum absolute atomic E-state index is 0.417. The van der Waals surface area contributed by atoms with Crippen LogP contribution < -0.4 is 0 Å². The minimum Gasteiger partial charge on any atom is -0.269 e. The van der Waals surface area contributed by atoms with Gasteiger partial charge in [0, 0.05) is 0 Å². The van der Waals surface area contributed by atoms with E-state index in [-0.39, 0.29) is 0 Å². The zero-order valence-electron chi connectivity index (χ0n) is 9.79. The van der Waals surface area contributed by atoms with Gasteiger partial charge in [-0.15, -0.1) is 0 Å². The molecule has 2 heterocycles. The van der Waals surface area contributed by atoms with Gasteiger partial charge in [-0.2, -0.15) is 5.26 Å². The molecule has 3 rings (SSSR count). The molecule has 0 fully saturated rings. The number of aromatic nitrogens is 3. The van der Waals surface area contributed by atoms with E-state index in [0.717, 1.165) is 21.8 Å². The van der Waals surface area contributed by atoms with Gasteiger partial charge < -0.3 is 0 Å². The maximum absolute atomic E-state index is 8.72. The Labute approximate surface area is 108 Å². The number of nitrogens with zero attached hydrogens (tertiary/aromatic N) is 4. The van der Waals surface area contributed by atoms with E-state index >= 15 is 0 Å². The van der Waals surface area contributed by atoms with Crippen LogP contribution in [0.5, 0.6) is 0 Å². The van der Waals surface area contributed by atoms with E-state index in [9.17, 15) is 0 Å². The highest BCUT2D eigenvalue weighted by Crippen LogP contribution is 2.27. The SMILES string of the molecule is Cc1nc2nc3cccccc3n2c1SCC#N. The second kappa shape index (κ2) is 4.31.